The fourth-order valence-electron chi connectivity index (χ4n) is 3.79. The van der Waals surface area contributed by atoms with Crippen molar-refractivity contribution >= 4 is 22.4 Å². The Hall–Kier alpha value is -3.51. The highest BCUT2D eigenvalue weighted by Gasteiger charge is 2.15. The number of nitrogens with one attached hydrogen (secondary N) is 1. The Labute approximate surface area is 175 Å². The van der Waals surface area contributed by atoms with Crippen molar-refractivity contribution in [1.82, 2.24) is 15.0 Å². The number of anilines is 2. The molecule has 2 aromatic heterocycles. The van der Waals surface area contributed by atoms with Crippen molar-refractivity contribution in [3.8, 4) is 11.4 Å². The second-order valence-corrected chi connectivity index (χ2v) is 7.24. The molecule has 2 aromatic carbocycles. The van der Waals surface area contributed by atoms with E-state index in [-0.39, 0.29) is 0 Å². The molecule has 0 amide bonds. The average Bonchev–Trinajstić information content (AvgIpc) is 2.83. The number of para-hydroxylation sites is 2. The van der Waals surface area contributed by atoms with Crippen LogP contribution in [0, 0.1) is 0 Å². The maximum absolute atomic E-state index is 5.51. The van der Waals surface area contributed by atoms with Gasteiger partial charge in [-0.05, 0) is 35.9 Å². The minimum absolute atomic E-state index is 0.672. The summed E-state index contributed by atoms with van der Waals surface area (Å²) in [5.74, 6) is 1.50. The third-order valence-electron chi connectivity index (χ3n) is 5.31. The predicted octanol–water partition coefficient (Wildman–Crippen LogP) is 4.14. The van der Waals surface area contributed by atoms with E-state index in [1.54, 1.807) is 12.4 Å². The van der Waals surface area contributed by atoms with E-state index in [4.69, 9.17) is 14.7 Å². The Kier molecular flexibility index (Phi) is 5.23. The first-order chi connectivity index (χ1) is 14.9. The summed E-state index contributed by atoms with van der Waals surface area (Å²) in [6.45, 7) is 4.05. The van der Waals surface area contributed by atoms with E-state index in [9.17, 15) is 0 Å². The van der Waals surface area contributed by atoms with E-state index >= 15 is 0 Å². The summed E-state index contributed by atoms with van der Waals surface area (Å²) in [5, 5.41) is 4.57. The van der Waals surface area contributed by atoms with Gasteiger partial charge in [0.2, 0.25) is 0 Å². The molecule has 0 radical (unpaired) electrons. The predicted molar refractivity (Wildman–Crippen MR) is 120 cm³/mol. The maximum Gasteiger partial charge on any atom is 0.163 e. The molecular weight excluding hydrogens is 374 g/mol. The Morgan fingerprint density at radius 2 is 1.73 bits per heavy atom. The van der Waals surface area contributed by atoms with E-state index < -0.39 is 0 Å². The second kappa shape index (κ2) is 8.47. The van der Waals surface area contributed by atoms with Gasteiger partial charge in [0, 0.05) is 48.7 Å². The quantitative estimate of drug-likeness (QED) is 0.546. The van der Waals surface area contributed by atoms with Crippen LogP contribution >= 0.6 is 0 Å². The second-order valence-electron chi connectivity index (χ2n) is 7.24. The van der Waals surface area contributed by atoms with Gasteiger partial charge in [-0.1, -0.05) is 30.3 Å². The third-order valence-corrected chi connectivity index (χ3v) is 5.31. The molecule has 0 aliphatic carbocycles. The van der Waals surface area contributed by atoms with E-state index in [1.807, 2.05) is 30.3 Å². The Morgan fingerprint density at radius 3 is 2.60 bits per heavy atom. The van der Waals surface area contributed by atoms with Gasteiger partial charge in [-0.2, -0.15) is 0 Å². The van der Waals surface area contributed by atoms with Gasteiger partial charge in [-0.15, -0.1) is 0 Å². The fourth-order valence-corrected chi connectivity index (χ4v) is 3.79. The van der Waals surface area contributed by atoms with Crippen LogP contribution in [0.2, 0.25) is 0 Å². The molecule has 4 aromatic rings. The van der Waals surface area contributed by atoms with Crippen molar-refractivity contribution in [2.45, 2.75) is 6.54 Å². The molecule has 0 bridgehead atoms. The zero-order valence-corrected chi connectivity index (χ0v) is 16.7. The van der Waals surface area contributed by atoms with Gasteiger partial charge in [0.1, 0.15) is 5.82 Å². The highest BCUT2D eigenvalue weighted by Crippen LogP contribution is 2.27. The molecule has 1 aliphatic heterocycles. The van der Waals surface area contributed by atoms with Crippen molar-refractivity contribution < 1.29 is 4.74 Å². The van der Waals surface area contributed by atoms with Crippen molar-refractivity contribution in [1.29, 1.82) is 0 Å². The number of aromatic nitrogens is 3. The molecule has 0 atom stereocenters. The largest absolute Gasteiger partial charge is 0.378 e. The minimum Gasteiger partial charge on any atom is -0.378 e. The van der Waals surface area contributed by atoms with E-state index in [0.717, 1.165) is 48.6 Å². The molecule has 6 heteroatoms. The smallest absolute Gasteiger partial charge is 0.163 e. The first-order valence-corrected chi connectivity index (χ1v) is 10.2. The van der Waals surface area contributed by atoms with Crippen molar-refractivity contribution in [2.75, 3.05) is 36.5 Å². The molecular formula is C24H23N5O. The van der Waals surface area contributed by atoms with Gasteiger partial charge in [0.15, 0.2) is 5.82 Å². The summed E-state index contributed by atoms with van der Waals surface area (Å²) in [4.78, 5) is 16.2. The standard InChI is InChI=1S/C24H23N5O/c1-4-10-22(29-12-14-30-15-13-29)18(6-1)17-26-24-20-8-2-3-9-21(20)27-23(28-24)19-7-5-11-25-16-19/h1-11,16H,12-15,17H2,(H,26,27,28). The summed E-state index contributed by atoms with van der Waals surface area (Å²) in [5.41, 5.74) is 4.31. The molecule has 3 heterocycles. The highest BCUT2D eigenvalue weighted by molar-refractivity contribution is 5.90. The topological polar surface area (TPSA) is 63.2 Å². The number of fused-ring (bicyclic) bond motifs is 1. The number of morpholine rings is 1. The lowest BCUT2D eigenvalue weighted by atomic mass is 10.1. The van der Waals surface area contributed by atoms with Gasteiger partial charge in [0.05, 0.1) is 18.7 Å². The zero-order chi connectivity index (χ0) is 20.2. The van der Waals surface area contributed by atoms with E-state index in [2.05, 4.69) is 45.5 Å². The molecule has 1 saturated heterocycles. The minimum atomic E-state index is 0.672. The van der Waals surface area contributed by atoms with E-state index in [1.165, 1.54) is 11.3 Å². The van der Waals surface area contributed by atoms with Crippen LogP contribution in [0.5, 0.6) is 0 Å². The summed E-state index contributed by atoms with van der Waals surface area (Å²) in [7, 11) is 0. The third kappa shape index (κ3) is 3.82. The lowest BCUT2D eigenvalue weighted by Crippen LogP contribution is -2.36. The summed E-state index contributed by atoms with van der Waals surface area (Å²) in [6, 6.07) is 20.5. The number of benzene rings is 2. The molecule has 0 spiro atoms. The first kappa shape index (κ1) is 18.5. The lowest BCUT2D eigenvalue weighted by Gasteiger charge is -2.30. The SMILES string of the molecule is c1cncc(-c2nc(NCc3ccccc3N3CCOCC3)c3ccccc3n2)c1. The number of hydrogen-bond acceptors (Lipinski definition) is 6. The molecule has 30 heavy (non-hydrogen) atoms. The van der Waals surface area contributed by atoms with Crippen LogP contribution in [0.3, 0.4) is 0 Å². The van der Waals surface area contributed by atoms with Gasteiger partial charge in [0.25, 0.3) is 0 Å². The molecule has 0 unspecified atom stereocenters. The number of ether oxygens (including phenoxy) is 1. The monoisotopic (exact) mass is 397 g/mol. The summed E-state index contributed by atoms with van der Waals surface area (Å²) >= 11 is 0. The normalized spacial score (nSPS) is 14.1. The fraction of sp³-hybridized carbons (Fsp3) is 0.208. The van der Waals surface area contributed by atoms with Crippen molar-refractivity contribution in [3.05, 3.63) is 78.6 Å². The van der Waals surface area contributed by atoms with Crippen LogP contribution in [-0.4, -0.2) is 41.3 Å². The highest BCUT2D eigenvalue weighted by atomic mass is 16.5. The van der Waals surface area contributed by atoms with Crippen LogP contribution in [0.25, 0.3) is 22.3 Å². The zero-order valence-electron chi connectivity index (χ0n) is 16.7. The Morgan fingerprint density at radius 1 is 0.900 bits per heavy atom. The van der Waals surface area contributed by atoms with Crippen LogP contribution in [0.1, 0.15) is 5.56 Å². The van der Waals surface area contributed by atoms with E-state index in [0.29, 0.717) is 12.4 Å². The van der Waals surface area contributed by atoms with Crippen molar-refractivity contribution in [3.63, 3.8) is 0 Å². The van der Waals surface area contributed by atoms with Gasteiger partial charge in [-0.25, -0.2) is 9.97 Å². The molecule has 150 valence electrons. The Balaban J connectivity index is 1.48. The molecule has 5 rings (SSSR count). The molecule has 1 fully saturated rings. The average molecular weight is 397 g/mol. The van der Waals surface area contributed by atoms with Gasteiger partial charge < -0.3 is 15.0 Å². The molecule has 1 N–H and O–H groups in total. The van der Waals surface area contributed by atoms with Gasteiger partial charge in [-0.3, -0.25) is 4.98 Å². The Bertz CT molecular complexity index is 1140. The number of nitrogens with zero attached hydrogens (tertiary/aromatic N) is 4. The van der Waals surface area contributed by atoms with Crippen LogP contribution < -0.4 is 10.2 Å². The first-order valence-electron chi connectivity index (χ1n) is 10.2. The molecule has 6 nitrogen and oxygen atoms in total. The van der Waals surface area contributed by atoms with Gasteiger partial charge >= 0.3 is 0 Å². The molecule has 0 saturated carbocycles. The number of rotatable bonds is 5. The van der Waals surface area contributed by atoms with Crippen LogP contribution in [-0.2, 0) is 11.3 Å². The molecule has 1 aliphatic rings. The lowest BCUT2D eigenvalue weighted by molar-refractivity contribution is 0.122. The van der Waals surface area contributed by atoms with Crippen LogP contribution in [0.4, 0.5) is 11.5 Å². The maximum atomic E-state index is 5.51. The number of pyridine rings is 1. The summed E-state index contributed by atoms with van der Waals surface area (Å²) in [6.07, 6.45) is 3.55. The number of hydrogen-bond donors (Lipinski definition) is 1. The summed E-state index contributed by atoms with van der Waals surface area (Å²) < 4.78 is 5.51. The van der Waals surface area contributed by atoms with Crippen LogP contribution in [0.15, 0.2) is 73.1 Å². The van der Waals surface area contributed by atoms with Crippen molar-refractivity contribution in [2.24, 2.45) is 0 Å².